The fourth-order valence-corrected chi connectivity index (χ4v) is 3.23. The van der Waals surface area contributed by atoms with Crippen LogP contribution in [0.25, 0.3) is 0 Å². The molecule has 1 atom stereocenters. The Morgan fingerprint density at radius 1 is 1.50 bits per heavy atom. The van der Waals surface area contributed by atoms with Gasteiger partial charge in [-0.15, -0.1) is 0 Å². The number of carbonyl (C=O) groups is 1. The topological polar surface area (TPSA) is 98.5 Å². The molecule has 0 aliphatic rings. The van der Waals surface area contributed by atoms with E-state index in [-0.39, 0.29) is 14.9 Å². The minimum absolute atomic E-state index is 0.00503. The van der Waals surface area contributed by atoms with Gasteiger partial charge in [0.05, 0.1) is 12.1 Å². The molecule has 1 rings (SSSR count). The number of nitrogens with one attached hydrogen (secondary N) is 1. The first-order chi connectivity index (χ1) is 9.19. The highest BCUT2D eigenvalue weighted by atomic mass is 35.5. The van der Waals surface area contributed by atoms with Crippen molar-refractivity contribution in [2.45, 2.75) is 17.9 Å². The maximum atomic E-state index is 12.2. The number of hydrogen-bond donors (Lipinski definition) is 2. The van der Waals surface area contributed by atoms with Crippen molar-refractivity contribution in [1.82, 2.24) is 4.72 Å². The van der Waals surface area contributed by atoms with Gasteiger partial charge in [0.1, 0.15) is 15.9 Å². The number of benzene rings is 1. The number of methoxy groups -OCH3 is 1. The lowest BCUT2D eigenvalue weighted by Gasteiger charge is -2.13. The van der Waals surface area contributed by atoms with Crippen LogP contribution in [0.5, 0.6) is 0 Å². The molecule has 20 heavy (non-hydrogen) atoms. The van der Waals surface area contributed by atoms with Crippen LogP contribution in [0.4, 0.5) is 0 Å². The second-order valence-electron chi connectivity index (χ2n) is 3.88. The molecule has 0 saturated heterocycles. The summed E-state index contributed by atoms with van der Waals surface area (Å²) in [5.74, 6) is -0.713. The van der Waals surface area contributed by atoms with Gasteiger partial charge in [-0.1, -0.05) is 29.9 Å². The van der Waals surface area contributed by atoms with Gasteiger partial charge in [-0.2, -0.15) is 4.72 Å². The van der Waals surface area contributed by atoms with E-state index in [1.165, 1.54) is 25.1 Å². The summed E-state index contributed by atoms with van der Waals surface area (Å²) in [7, 11) is -2.84. The van der Waals surface area contributed by atoms with E-state index >= 15 is 0 Å². The molecule has 9 heteroatoms. The van der Waals surface area contributed by atoms with E-state index in [0.29, 0.717) is 5.56 Å². The van der Waals surface area contributed by atoms with E-state index in [4.69, 9.17) is 29.6 Å². The van der Waals surface area contributed by atoms with E-state index < -0.39 is 22.0 Å². The molecule has 110 valence electrons. The van der Waals surface area contributed by atoms with Gasteiger partial charge in [-0.3, -0.25) is 4.79 Å². The molecular weight excluding hydrogens is 324 g/mol. The predicted molar refractivity (Wildman–Crippen MR) is 79.1 cm³/mol. The Balaban J connectivity index is 3.18. The molecule has 1 unspecified atom stereocenters. The molecule has 0 aromatic heterocycles. The third-order valence-corrected chi connectivity index (χ3v) is 4.65. The van der Waals surface area contributed by atoms with Gasteiger partial charge in [-0.25, -0.2) is 8.42 Å². The van der Waals surface area contributed by atoms with Crippen molar-refractivity contribution in [2.75, 3.05) is 7.11 Å². The van der Waals surface area contributed by atoms with E-state index in [1.807, 2.05) is 0 Å². The zero-order valence-electron chi connectivity index (χ0n) is 10.7. The Morgan fingerprint density at radius 2 is 2.10 bits per heavy atom. The lowest BCUT2D eigenvalue weighted by molar-refractivity contribution is -0.142. The summed E-state index contributed by atoms with van der Waals surface area (Å²) in [4.78, 5) is 11.1. The minimum atomic E-state index is -4.00. The number of halogens is 1. The number of hydrogen-bond acceptors (Lipinski definition) is 5. The van der Waals surface area contributed by atoms with Crippen LogP contribution in [0.2, 0.25) is 5.02 Å². The Bertz CT molecular complexity index is 646. The molecule has 0 radical (unpaired) electrons. The number of thiocarbonyl (C=S) groups is 1. The maximum absolute atomic E-state index is 12.2. The van der Waals surface area contributed by atoms with Gasteiger partial charge in [0.2, 0.25) is 10.0 Å². The predicted octanol–water partition coefficient (Wildman–Crippen LogP) is 0.814. The molecule has 0 bridgehead atoms. The van der Waals surface area contributed by atoms with Crippen LogP contribution in [0.3, 0.4) is 0 Å². The van der Waals surface area contributed by atoms with Gasteiger partial charge >= 0.3 is 5.97 Å². The molecule has 0 spiro atoms. The number of esters is 1. The van der Waals surface area contributed by atoms with Crippen molar-refractivity contribution < 1.29 is 17.9 Å². The van der Waals surface area contributed by atoms with E-state index in [2.05, 4.69) is 9.46 Å². The van der Waals surface area contributed by atoms with Crippen molar-refractivity contribution >= 4 is 44.8 Å². The van der Waals surface area contributed by atoms with Gasteiger partial charge in [-0.05, 0) is 19.1 Å². The largest absolute Gasteiger partial charge is 0.468 e. The number of ether oxygens (including phenoxy) is 1. The molecule has 3 N–H and O–H groups in total. The monoisotopic (exact) mass is 336 g/mol. The lowest BCUT2D eigenvalue weighted by atomic mass is 10.2. The highest BCUT2D eigenvalue weighted by molar-refractivity contribution is 7.89. The first kappa shape index (κ1) is 16.8. The summed E-state index contributed by atoms with van der Waals surface area (Å²) in [5, 5.41) is -0.00503. The molecule has 0 aliphatic heterocycles. The number of nitrogens with two attached hydrogens (primary N) is 1. The van der Waals surface area contributed by atoms with Crippen molar-refractivity contribution in [1.29, 1.82) is 0 Å². The normalized spacial score (nSPS) is 12.8. The van der Waals surface area contributed by atoms with Gasteiger partial charge in [0.25, 0.3) is 0 Å². The van der Waals surface area contributed by atoms with E-state index in [9.17, 15) is 13.2 Å². The highest BCUT2D eigenvalue weighted by Gasteiger charge is 2.25. The molecule has 1 aromatic carbocycles. The summed E-state index contributed by atoms with van der Waals surface area (Å²) < 4.78 is 30.9. The van der Waals surface area contributed by atoms with Crippen molar-refractivity contribution in [2.24, 2.45) is 5.73 Å². The highest BCUT2D eigenvalue weighted by Crippen LogP contribution is 2.23. The summed E-state index contributed by atoms with van der Waals surface area (Å²) in [6.45, 7) is 1.36. The smallest absolute Gasteiger partial charge is 0.323 e. The van der Waals surface area contributed by atoms with Gasteiger partial charge < -0.3 is 10.5 Å². The molecule has 0 aliphatic carbocycles. The molecule has 0 amide bonds. The fourth-order valence-electron chi connectivity index (χ4n) is 1.38. The zero-order valence-corrected chi connectivity index (χ0v) is 13.1. The molecule has 6 nitrogen and oxygen atoms in total. The Hall–Kier alpha value is -1.22. The number of rotatable bonds is 5. The number of carbonyl (C=O) groups excluding carboxylic acids is 1. The van der Waals surface area contributed by atoms with E-state index in [1.54, 1.807) is 0 Å². The maximum Gasteiger partial charge on any atom is 0.323 e. The summed E-state index contributed by atoms with van der Waals surface area (Å²) in [5.41, 5.74) is 5.80. The van der Waals surface area contributed by atoms with Crippen molar-refractivity contribution in [3.8, 4) is 0 Å². The molecule has 0 fully saturated rings. The Labute approximate surface area is 127 Å². The fraction of sp³-hybridized carbons (Fsp3) is 0.273. The molecule has 0 saturated carbocycles. The van der Waals surface area contributed by atoms with Crippen LogP contribution in [0.15, 0.2) is 23.1 Å². The van der Waals surface area contributed by atoms with Gasteiger partial charge in [0, 0.05) is 5.56 Å². The van der Waals surface area contributed by atoms with Crippen molar-refractivity contribution in [3.05, 3.63) is 28.8 Å². The zero-order chi connectivity index (χ0) is 15.5. The second kappa shape index (κ2) is 6.49. The minimum Gasteiger partial charge on any atom is -0.468 e. The first-order valence-electron chi connectivity index (χ1n) is 5.38. The average molecular weight is 337 g/mol. The Kier molecular flexibility index (Phi) is 5.46. The standard InChI is InChI=1S/C11H13ClN2O4S2/c1-6(11(15)18-2)14-20(16,17)9-5-7(10(13)19)3-4-8(9)12/h3-6,14H,1-2H3,(H2,13,19). The molecule has 1 aromatic rings. The summed E-state index contributed by atoms with van der Waals surface area (Å²) in [6, 6.07) is 3.08. The third kappa shape index (κ3) is 3.89. The summed E-state index contributed by atoms with van der Waals surface area (Å²) >= 11 is 10.6. The van der Waals surface area contributed by atoms with Gasteiger partial charge in [0.15, 0.2) is 0 Å². The van der Waals surface area contributed by atoms with E-state index in [0.717, 1.165) is 7.11 Å². The van der Waals surface area contributed by atoms with Crippen molar-refractivity contribution in [3.63, 3.8) is 0 Å². The molecular formula is C11H13ClN2O4S2. The lowest BCUT2D eigenvalue weighted by Crippen LogP contribution is -2.39. The van der Waals surface area contributed by atoms with Crippen LogP contribution < -0.4 is 10.5 Å². The van der Waals surface area contributed by atoms with Crippen LogP contribution in [0.1, 0.15) is 12.5 Å². The van der Waals surface area contributed by atoms with Crippen LogP contribution in [-0.2, 0) is 19.6 Å². The second-order valence-corrected chi connectivity index (χ2v) is 6.41. The number of sulfonamides is 1. The van der Waals surface area contributed by atoms with Crippen LogP contribution in [-0.4, -0.2) is 32.5 Å². The first-order valence-corrected chi connectivity index (χ1v) is 7.65. The quantitative estimate of drug-likeness (QED) is 0.610. The molecule has 0 heterocycles. The summed E-state index contributed by atoms with van der Waals surface area (Å²) in [6.07, 6.45) is 0. The van der Waals surface area contributed by atoms with Crippen LogP contribution >= 0.6 is 23.8 Å². The van der Waals surface area contributed by atoms with Crippen LogP contribution in [0, 0.1) is 0 Å². The average Bonchev–Trinajstić information content (AvgIpc) is 2.37. The Morgan fingerprint density at radius 3 is 2.60 bits per heavy atom. The SMILES string of the molecule is COC(=O)C(C)NS(=O)(=O)c1cc(C(N)=S)ccc1Cl. The third-order valence-electron chi connectivity index (χ3n) is 2.39.